The van der Waals surface area contributed by atoms with Crippen molar-refractivity contribution in [1.29, 1.82) is 0 Å². The zero-order chi connectivity index (χ0) is 14.5. The molecule has 0 amide bonds. The third-order valence-electron chi connectivity index (χ3n) is 3.56. The van der Waals surface area contributed by atoms with Gasteiger partial charge in [0, 0.05) is 23.4 Å². The van der Waals surface area contributed by atoms with Gasteiger partial charge in [0.2, 0.25) is 0 Å². The quantitative estimate of drug-likeness (QED) is 0.891. The van der Waals surface area contributed by atoms with Gasteiger partial charge < -0.3 is 5.32 Å². The summed E-state index contributed by atoms with van der Waals surface area (Å²) in [6, 6.07) is 8.38. The molecule has 0 bridgehead atoms. The van der Waals surface area contributed by atoms with Crippen LogP contribution < -0.4 is 5.32 Å². The third kappa shape index (κ3) is 2.82. The Morgan fingerprint density at radius 1 is 1.00 bits per heavy atom. The molecule has 0 fully saturated rings. The monoisotopic (exact) mass is 269 g/mol. The number of nitrogens with zero attached hydrogens (tertiary/aromatic N) is 2. The number of anilines is 1. The van der Waals surface area contributed by atoms with Gasteiger partial charge in [0.05, 0.1) is 0 Å². The molecular formula is C17H23N3. The first-order valence-electron chi connectivity index (χ1n) is 7.40. The van der Waals surface area contributed by atoms with Gasteiger partial charge >= 0.3 is 0 Å². The van der Waals surface area contributed by atoms with Crippen LogP contribution in [0.25, 0.3) is 11.4 Å². The van der Waals surface area contributed by atoms with Crippen LogP contribution in [0, 0.1) is 6.92 Å². The Bertz CT molecular complexity index is 591. The van der Waals surface area contributed by atoms with Gasteiger partial charge in [-0.3, -0.25) is 0 Å². The zero-order valence-electron chi connectivity index (χ0n) is 12.8. The first-order valence-corrected chi connectivity index (χ1v) is 7.40. The summed E-state index contributed by atoms with van der Waals surface area (Å²) < 4.78 is 0. The van der Waals surface area contributed by atoms with Gasteiger partial charge in [0.15, 0.2) is 5.82 Å². The summed E-state index contributed by atoms with van der Waals surface area (Å²) in [5, 5.41) is 3.35. The highest BCUT2D eigenvalue weighted by Crippen LogP contribution is 2.25. The smallest absolute Gasteiger partial charge is 0.162 e. The fourth-order valence-corrected chi connectivity index (χ4v) is 2.41. The molecule has 3 nitrogen and oxygen atoms in total. The van der Waals surface area contributed by atoms with Crippen LogP contribution in [0.15, 0.2) is 24.3 Å². The minimum Gasteiger partial charge on any atom is -0.370 e. The van der Waals surface area contributed by atoms with E-state index in [-0.39, 0.29) is 0 Å². The Balaban J connectivity index is 2.59. The first kappa shape index (κ1) is 14.5. The molecule has 0 unspecified atom stereocenters. The summed E-state index contributed by atoms with van der Waals surface area (Å²) in [4.78, 5) is 9.49. The number of aryl methyl sites for hydroxylation is 2. The average molecular weight is 269 g/mol. The van der Waals surface area contributed by atoms with Crippen LogP contribution >= 0.6 is 0 Å². The van der Waals surface area contributed by atoms with E-state index in [1.165, 1.54) is 5.56 Å². The second-order valence-electron chi connectivity index (χ2n) is 4.86. The highest BCUT2D eigenvalue weighted by atomic mass is 15.0. The molecule has 1 aromatic carbocycles. The molecule has 0 saturated heterocycles. The van der Waals surface area contributed by atoms with E-state index in [4.69, 9.17) is 9.97 Å². The molecule has 0 aliphatic rings. The Hall–Kier alpha value is -1.90. The lowest BCUT2D eigenvalue weighted by molar-refractivity contribution is 0.966. The molecule has 3 heteroatoms. The number of benzene rings is 1. The lowest BCUT2D eigenvalue weighted by Gasteiger charge is -2.14. The SMILES string of the molecule is CCNc1nc(-c2ccccc2CC)nc(CC)c1C. The molecule has 106 valence electrons. The maximum Gasteiger partial charge on any atom is 0.162 e. The largest absolute Gasteiger partial charge is 0.370 e. The molecule has 0 atom stereocenters. The summed E-state index contributed by atoms with van der Waals surface area (Å²) >= 11 is 0. The highest BCUT2D eigenvalue weighted by Gasteiger charge is 2.12. The zero-order valence-corrected chi connectivity index (χ0v) is 12.8. The van der Waals surface area contributed by atoms with Crippen LogP contribution in [0.3, 0.4) is 0 Å². The molecule has 0 radical (unpaired) electrons. The molecule has 2 rings (SSSR count). The van der Waals surface area contributed by atoms with Gasteiger partial charge in [-0.05, 0) is 32.3 Å². The van der Waals surface area contributed by atoms with Crippen molar-refractivity contribution in [2.75, 3.05) is 11.9 Å². The van der Waals surface area contributed by atoms with Crippen LogP contribution in [0.2, 0.25) is 0 Å². The van der Waals surface area contributed by atoms with Crippen molar-refractivity contribution in [2.45, 2.75) is 40.5 Å². The summed E-state index contributed by atoms with van der Waals surface area (Å²) in [6.07, 6.45) is 1.92. The van der Waals surface area contributed by atoms with Gasteiger partial charge in [-0.1, -0.05) is 38.1 Å². The predicted octanol–water partition coefficient (Wildman–Crippen LogP) is 4.01. The van der Waals surface area contributed by atoms with E-state index in [2.05, 4.69) is 57.3 Å². The molecule has 1 heterocycles. The molecule has 2 aromatic rings. The lowest BCUT2D eigenvalue weighted by Crippen LogP contribution is -2.08. The van der Waals surface area contributed by atoms with E-state index < -0.39 is 0 Å². The van der Waals surface area contributed by atoms with Crippen LogP contribution in [-0.2, 0) is 12.8 Å². The minimum atomic E-state index is 0.834. The number of rotatable bonds is 5. The second-order valence-corrected chi connectivity index (χ2v) is 4.86. The molecule has 20 heavy (non-hydrogen) atoms. The summed E-state index contributed by atoms with van der Waals surface area (Å²) in [6.45, 7) is 9.36. The van der Waals surface area contributed by atoms with Gasteiger partial charge in [-0.25, -0.2) is 9.97 Å². The average Bonchev–Trinajstić information content (AvgIpc) is 2.49. The molecule has 1 N–H and O–H groups in total. The normalized spacial score (nSPS) is 10.6. The van der Waals surface area contributed by atoms with E-state index in [1.807, 2.05) is 0 Å². The predicted molar refractivity (Wildman–Crippen MR) is 85.1 cm³/mol. The summed E-state index contributed by atoms with van der Waals surface area (Å²) in [5.74, 6) is 1.79. The van der Waals surface area contributed by atoms with E-state index in [1.54, 1.807) is 0 Å². The Kier molecular flexibility index (Phi) is 4.72. The number of hydrogen-bond donors (Lipinski definition) is 1. The fourth-order valence-electron chi connectivity index (χ4n) is 2.41. The highest BCUT2D eigenvalue weighted by molar-refractivity contribution is 5.63. The van der Waals surface area contributed by atoms with Crippen molar-refractivity contribution in [2.24, 2.45) is 0 Å². The minimum absolute atomic E-state index is 0.834. The number of hydrogen-bond acceptors (Lipinski definition) is 3. The van der Waals surface area contributed by atoms with Crippen LogP contribution in [0.4, 0.5) is 5.82 Å². The fraction of sp³-hybridized carbons (Fsp3) is 0.412. The maximum absolute atomic E-state index is 4.76. The van der Waals surface area contributed by atoms with Crippen LogP contribution in [-0.4, -0.2) is 16.5 Å². The van der Waals surface area contributed by atoms with Crippen molar-refractivity contribution >= 4 is 5.82 Å². The molecule has 0 aliphatic carbocycles. The van der Waals surface area contributed by atoms with Gasteiger partial charge in [-0.2, -0.15) is 0 Å². The van der Waals surface area contributed by atoms with Crippen molar-refractivity contribution in [1.82, 2.24) is 9.97 Å². The molecule has 0 spiro atoms. The second kappa shape index (κ2) is 6.51. The van der Waals surface area contributed by atoms with Gasteiger partial charge in [0.1, 0.15) is 5.82 Å². The Morgan fingerprint density at radius 2 is 1.75 bits per heavy atom. The topological polar surface area (TPSA) is 37.8 Å². The number of nitrogens with one attached hydrogen (secondary N) is 1. The molecular weight excluding hydrogens is 246 g/mol. The molecule has 0 saturated carbocycles. The Morgan fingerprint density at radius 3 is 2.40 bits per heavy atom. The van der Waals surface area contributed by atoms with Crippen molar-refractivity contribution in [3.8, 4) is 11.4 Å². The van der Waals surface area contributed by atoms with Crippen LogP contribution in [0.1, 0.15) is 37.6 Å². The van der Waals surface area contributed by atoms with E-state index in [9.17, 15) is 0 Å². The van der Waals surface area contributed by atoms with E-state index in [0.29, 0.717) is 0 Å². The summed E-state index contributed by atoms with van der Waals surface area (Å²) in [5.41, 5.74) is 4.72. The molecule has 1 aromatic heterocycles. The first-order chi connectivity index (χ1) is 9.71. The molecule has 0 aliphatic heterocycles. The van der Waals surface area contributed by atoms with Crippen LogP contribution in [0.5, 0.6) is 0 Å². The van der Waals surface area contributed by atoms with E-state index in [0.717, 1.165) is 47.8 Å². The Labute approximate surface area is 121 Å². The standard InChI is InChI=1S/C17H23N3/c1-5-13-10-8-9-11-14(13)17-19-15(6-2)12(4)16(20-17)18-7-3/h8-11H,5-7H2,1-4H3,(H,18,19,20). The maximum atomic E-state index is 4.76. The summed E-state index contributed by atoms with van der Waals surface area (Å²) in [7, 11) is 0. The number of aromatic nitrogens is 2. The van der Waals surface area contributed by atoms with E-state index >= 15 is 0 Å². The van der Waals surface area contributed by atoms with Crippen molar-refractivity contribution in [3.05, 3.63) is 41.1 Å². The third-order valence-corrected chi connectivity index (χ3v) is 3.56. The lowest BCUT2D eigenvalue weighted by atomic mass is 10.0. The van der Waals surface area contributed by atoms with Crippen molar-refractivity contribution in [3.63, 3.8) is 0 Å². The van der Waals surface area contributed by atoms with Gasteiger partial charge in [-0.15, -0.1) is 0 Å². The van der Waals surface area contributed by atoms with Crippen molar-refractivity contribution < 1.29 is 0 Å². The van der Waals surface area contributed by atoms with Gasteiger partial charge in [0.25, 0.3) is 0 Å².